The summed E-state index contributed by atoms with van der Waals surface area (Å²) in [5.74, 6) is 0.284. The van der Waals surface area contributed by atoms with E-state index < -0.39 is 4.92 Å². The van der Waals surface area contributed by atoms with Crippen molar-refractivity contribution < 1.29 is 9.66 Å². The van der Waals surface area contributed by atoms with Crippen LogP contribution in [-0.4, -0.2) is 23.6 Å². The van der Waals surface area contributed by atoms with E-state index in [-0.39, 0.29) is 23.6 Å². The molecule has 1 N–H and O–H groups in total. The van der Waals surface area contributed by atoms with Gasteiger partial charge in [-0.3, -0.25) is 10.1 Å². The average Bonchev–Trinajstić information content (AvgIpc) is 2.32. The number of aryl methyl sites for hydroxylation is 1. The maximum absolute atomic E-state index is 10.9. The number of nitrogens with one attached hydrogen (secondary N) is 1. The van der Waals surface area contributed by atoms with Gasteiger partial charge in [0.25, 0.3) is 0 Å². The smallest absolute Gasteiger partial charge is 0.310 e. The molecule has 0 spiro atoms. The van der Waals surface area contributed by atoms with Crippen LogP contribution >= 0.6 is 0 Å². The van der Waals surface area contributed by atoms with Crippen molar-refractivity contribution in [2.45, 2.75) is 33.2 Å². The lowest BCUT2D eigenvalue weighted by atomic mass is 10.1. The van der Waals surface area contributed by atoms with Gasteiger partial charge < -0.3 is 10.1 Å². The van der Waals surface area contributed by atoms with E-state index in [0.717, 1.165) is 11.1 Å². The molecule has 20 heavy (non-hydrogen) atoms. The molecule has 0 bridgehead atoms. The van der Waals surface area contributed by atoms with Crippen molar-refractivity contribution in [3.05, 3.63) is 46.0 Å². The second kappa shape index (κ2) is 6.52. The number of hydrogen-bond acceptors (Lipinski definition) is 4. The van der Waals surface area contributed by atoms with Gasteiger partial charge in [0.1, 0.15) is 6.61 Å². The SMILES string of the molecule is C=C(CNC(C)(C)C)COc1cc(C)ccc1[N+](=O)[O-]. The molecule has 0 aliphatic rings. The molecule has 0 fully saturated rings. The number of nitrogens with zero attached hydrogens (tertiary/aromatic N) is 1. The van der Waals surface area contributed by atoms with Crippen LogP contribution in [0.1, 0.15) is 26.3 Å². The Bertz CT molecular complexity index is 504. The number of benzene rings is 1. The second-order valence-corrected chi connectivity index (χ2v) is 5.87. The third-order valence-electron chi connectivity index (χ3n) is 2.61. The summed E-state index contributed by atoms with van der Waals surface area (Å²) in [7, 11) is 0. The quantitative estimate of drug-likeness (QED) is 0.493. The van der Waals surface area contributed by atoms with Crippen molar-refractivity contribution in [3.8, 4) is 5.75 Å². The first kappa shape index (κ1) is 16.2. The predicted octanol–water partition coefficient (Wildman–Crippen LogP) is 3.23. The molecule has 5 heteroatoms. The zero-order chi connectivity index (χ0) is 15.3. The highest BCUT2D eigenvalue weighted by Crippen LogP contribution is 2.27. The fourth-order valence-corrected chi connectivity index (χ4v) is 1.51. The monoisotopic (exact) mass is 278 g/mol. The van der Waals surface area contributed by atoms with Gasteiger partial charge in [-0.1, -0.05) is 12.6 Å². The minimum Gasteiger partial charge on any atom is -0.482 e. The maximum Gasteiger partial charge on any atom is 0.310 e. The first-order chi connectivity index (χ1) is 9.19. The highest BCUT2D eigenvalue weighted by molar-refractivity contribution is 5.48. The summed E-state index contributed by atoms with van der Waals surface area (Å²) in [6.45, 7) is 12.8. The van der Waals surface area contributed by atoms with Crippen LogP contribution in [0.15, 0.2) is 30.4 Å². The first-order valence-electron chi connectivity index (χ1n) is 6.48. The number of rotatable bonds is 6. The second-order valence-electron chi connectivity index (χ2n) is 5.87. The highest BCUT2D eigenvalue weighted by Gasteiger charge is 2.15. The minimum atomic E-state index is -0.440. The van der Waals surface area contributed by atoms with Gasteiger partial charge in [0.05, 0.1) is 4.92 Å². The molecule has 0 heterocycles. The largest absolute Gasteiger partial charge is 0.482 e. The molecular formula is C15H22N2O3. The Labute approximate surface area is 119 Å². The van der Waals surface area contributed by atoms with Gasteiger partial charge in [-0.25, -0.2) is 0 Å². The van der Waals surface area contributed by atoms with Crippen LogP contribution in [0.3, 0.4) is 0 Å². The van der Waals surface area contributed by atoms with E-state index in [4.69, 9.17) is 4.74 Å². The third-order valence-corrected chi connectivity index (χ3v) is 2.61. The average molecular weight is 278 g/mol. The Morgan fingerprint density at radius 2 is 2.10 bits per heavy atom. The lowest BCUT2D eigenvalue weighted by Crippen LogP contribution is -2.37. The Morgan fingerprint density at radius 1 is 1.45 bits per heavy atom. The first-order valence-corrected chi connectivity index (χ1v) is 6.48. The van der Waals surface area contributed by atoms with Gasteiger partial charge in [-0.05, 0) is 44.9 Å². The Balaban J connectivity index is 2.63. The molecule has 1 rings (SSSR count). The zero-order valence-electron chi connectivity index (χ0n) is 12.5. The lowest BCUT2D eigenvalue weighted by molar-refractivity contribution is -0.385. The summed E-state index contributed by atoms with van der Waals surface area (Å²) in [4.78, 5) is 10.5. The number of hydrogen-bond donors (Lipinski definition) is 1. The van der Waals surface area contributed by atoms with Crippen molar-refractivity contribution >= 4 is 5.69 Å². The fourth-order valence-electron chi connectivity index (χ4n) is 1.51. The molecule has 0 unspecified atom stereocenters. The van der Waals surface area contributed by atoms with E-state index in [1.54, 1.807) is 12.1 Å². The van der Waals surface area contributed by atoms with E-state index in [2.05, 4.69) is 32.7 Å². The lowest BCUT2D eigenvalue weighted by Gasteiger charge is -2.21. The molecule has 0 saturated heterocycles. The number of nitro benzene ring substituents is 1. The summed E-state index contributed by atoms with van der Waals surface area (Å²) in [5.41, 5.74) is 1.74. The van der Waals surface area contributed by atoms with E-state index >= 15 is 0 Å². The van der Waals surface area contributed by atoms with Crippen LogP contribution in [0, 0.1) is 17.0 Å². The third kappa shape index (κ3) is 5.40. The zero-order valence-corrected chi connectivity index (χ0v) is 12.5. The molecule has 0 aliphatic carbocycles. The molecular weight excluding hydrogens is 256 g/mol. The Hall–Kier alpha value is -1.88. The van der Waals surface area contributed by atoms with Crippen LogP contribution < -0.4 is 10.1 Å². The Kier molecular flexibility index (Phi) is 5.27. The van der Waals surface area contributed by atoms with E-state index in [1.165, 1.54) is 6.07 Å². The molecule has 0 aromatic heterocycles. The van der Waals surface area contributed by atoms with Gasteiger partial charge in [0, 0.05) is 18.2 Å². The minimum absolute atomic E-state index is 0.00171. The van der Waals surface area contributed by atoms with Gasteiger partial charge in [-0.15, -0.1) is 0 Å². The summed E-state index contributed by atoms with van der Waals surface area (Å²) >= 11 is 0. The van der Waals surface area contributed by atoms with Crippen LogP contribution in [-0.2, 0) is 0 Å². The van der Waals surface area contributed by atoms with Crippen molar-refractivity contribution in [3.63, 3.8) is 0 Å². The molecule has 0 amide bonds. The normalized spacial score (nSPS) is 11.2. The summed E-state index contributed by atoms with van der Waals surface area (Å²) in [5, 5.41) is 14.2. The van der Waals surface area contributed by atoms with Crippen molar-refractivity contribution in [2.75, 3.05) is 13.2 Å². The standard InChI is InChI=1S/C15H22N2O3/c1-11-6-7-13(17(18)19)14(8-11)20-10-12(2)9-16-15(3,4)5/h6-8,16H,2,9-10H2,1,3-5H3. The van der Waals surface area contributed by atoms with Crippen LogP contribution in [0.25, 0.3) is 0 Å². The van der Waals surface area contributed by atoms with Crippen LogP contribution in [0.5, 0.6) is 5.75 Å². The number of nitro groups is 1. The van der Waals surface area contributed by atoms with E-state index in [9.17, 15) is 10.1 Å². The predicted molar refractivity (Wildman–Crippen MR) is 80.2 cm³/mol. The van der Waals surface area contributed by atoms with Crippen molar-refractivity contribution in [2.24, 2.45) is 0 Å². The van der Waals surface area contributed by atoms with Crippen LogP contribution in [0.2, 0.25) is 0 Å². The topological polar surface area (TPSA) is 64.4 Å². The fraction of sp³-hybridized carbons (Fsp3) is 0.467. The highest BCUT2D eigenvalue weighted by atomic mass is 16.6. The van der Waals surface area contributed by atoms with Gasteiger partial charge >= 0.3 is 5.69 Å². The molecule has 0 aliphatic heterocycles. The van der Waals surface area contributed by atoms with Crippen molar-refractivity contribution in [1.29, 1.82) is 0 Å². The molecule has 0 saturated carbocycles. The maximum atomic E-state index is 10.9. The van der Waals surface area contributed by atoms with E-state index in [0.29, 0.717) is 6.54 Å². The molecule has 0 radical (unpaired) electrons. The summed E-state index contributed by atoms with van der Waals surface area (Å²) < 4.78 is 5.53. The van der Waals surface area contributed by atoms with Gasteiger partial charge in [-0.2, -0.15) is 0 Å². The molecule has 1 aromatic carbocycles. The van der Waals surface area contributed by atoms with Crippen molar-refractivity contribution in [1.82, 2.24) is 5.32 Å². The molecule has 1 aromatic rings. The van der Waals surface area contributed by atoms with Gasteiger partial charge in [0.15, 0.2) is 5.75 Å². The summed E-state index contributed by atoms with van der Waals surface area (Å²) in [6, 6.07) is 4.82. The Morgan fingerprint density at radius 3 is 2.65 bits per heavy atom. The van der Waals surface area contributed by atoms with E-state index in [1.807, 2.05) is 6.92 Å². The number of ether oxygens (including phenoxy) is 1. The summed E-state index contributed by atoms with van der Waals surface area (Å²) in [6.07, 6.45) is 0. The molecule has 0 atom stereocenters. The van der Waals surface area contributed by atoms with Gasteiger partial charge in [0.2, 0.25) is 0 Å². The molecule has 5 nitrogen and oxygen atoms in total. The molecule has 110 valence electrons. The van der Waals surface area contributed by atoms with Crippen LogP contribution in [0.4, 0.5) is 5.69 Å².